The molecule has 0 atom stereocenters. The van der Waals surface area contributed by atoms with Crippen molar-refractivity contribution in [3.63, 3.8) is 0 Å². The van der Waals surface area contributed by atoms with Crippen molar-refractivity contribution in [3.8, 4) is 0 Å². The van der Waals surface area contributed by atoms with E-state index >= 15 is 0 Å². The van der Waals surface area contributed by atoms with Gasteiger partial charge in [0.15, 0.2) is 0 Å². The second-order valence-electron chi connectivity index (χ2n) is 3.46. The van der Waals surface area contributed by atoms with Gasteiger partial charge in [-0.1, -0.05) is 25.8 Å². The van der Waals surface area contributed by atoms with Gasteiger partial charge in [0.25, 0.3) is 0 Å². The SMILES string of the molecule is C=CCCCCCCN=C(C)CC. The molecule has 0 saturated carbocycles. The highest BCUT2D eigenvalue weighted by molar-refractivity contribution is 5.81. The third-order valence-electron chi connectivity index (χ3n) is 2.21. The monoisotopic (exact) mass is 181 g/mol. The van der Waals surface area contributed by atoms with E-state index in [0.717, 1.165) is 19.4 Å². The Morgan fingerprint density at radius 3 is 2.54 bits per heavy atom. The fourth-order valence-electron chi connectivity index (χ4n) is 1.14. The first kappa shape index (κ1) is 12.4. The first-order chi connectivity index (χ1) is 6.31. The molecule has 0 rings (SSSR count). The highest BCUT2D eigenvalue weighted by atomic mass is 14.7. The zero-order chi connectivity index (χ0) is 9.94. The predicted molar refractivity (Wildman–Crippen MR) is 61.5 cm³/mol. The molecule has 13 heavy (non-hydrogen) atoms. The van der Waals surface area contributed by atoms with E-state index in [9.17, 15) is 0 Å². The molecule has 0 unspecified atom stereocenters. The van der Waals surface area contributed by atoms with E-state index in [1.807, 2.05) is 6.08 Å². The fourth-order valence-corrected chi connectivity index (χ4v) is 1.14. The second-order valence-corrected chi connectivity index (χ2v) is 3.46. The third-order valence-corrected chi connectivity index (χ3v) is 2.21. The molecule has 0 saturated heterocycles. The Kier molecular flexibility index (Phi) is 9.07. The van der Waals surface area contributed by atoms with E-state index in [0.29, 0.717) is 0 Å². The average molecular weight is 181 g/mol. The van der Waals surface area contributed by atoms with Crippen molar-refractivity contribution in [1.29, 1.82) is 0 Å². The summed E-state index contributed by atoms with van der Waals surface area (Å²) in [7, 11) is 0. The smallest absolute Gasteiger partial charge is 0.0388 e. The van der Waals surface area contributed by atoms with E-state index < -0.39 is 0 Å². The Morgan fingerprint density at radius 2 is 1.92 bits per heavy atom. The lowest BCUT2D eigenvalue weighted by molar-refractivity contribution is 0.653. The van der Waals surface area contributed by atoms with Gasteiger partial charge in [-0.05, 0) is 32.6 Å². The van der Waals surface area contributed by atoms with Crippen LogP contribution in [0, 0.1) is 0 Å². The zero-order valence-electron chi connectivity index (χ0n) is 9.18. The van der Waals surface area contributed by atoms with Crippen molar-refractivity contribution in [2.75, 3.05) is 6.54 Å². The molecule has 0 aliphatic carbocycles. The normalized spacial score (nSPS) is 11.7. The van der Waals surface area contributed by atoms with Crippen LogP contribution in [0.15, 0.2) is 17.6 Å². The van der Waals surface area contributed by atoms with Crippen LogP contribution in [-0.4, -0.2) is 12.3 Å². The van der Waals surface area contributed by atoms with Crippen LogP contribution < -0.4 is 0 Å². The van der Waals surface area contributed by atoms with Crippen molar-refractivity contribution in [2.45, 2.75) is 52.4 Å². The molecule has 0 amide bonds. The van der Waals surface area contributed by atoms with Gasteiger partial charge in [0.1, 0.15) is 0 Å². The van der Waals surface area contributed by atoms with Crippen LogP contribution in [0.25, 0.3) is 0 Å². The van der Waals surface area contributed by atoms with Crippen molar-refractivity contribution in [2.24, 2.45) is 4.99 Å². The highest BCUT2D eigenvalue weighted by Gasteiger charge is 1.88. The average Bonchev–Trinajstić information content (AvgIpc) is 2.16. The van der Waals surface area contributed by atoms with Crippen LogP contribution in [0.5, 0.6) is 0 Å². The van der Waals surface area contributed by atoms with Crippen molar-refractivity contribution in [3.05, 3.63) is 12.7 Å². The molecular formula is C12H23N. The summed E-state index contributed by atoms with van der Waals surface area (Å²) in [4.78, 5) is 4.46. The molecular weight excluding hydrogens is 158 g/mol. The topological polar surface area (TPSA) is 12.4 Å². The summed E-state index contributed by atoms with van der Waals surface area (Å²) in [5.74, 6) is 0. The lowest BCUT2D eigenvalue weighted by atomic mass is 10.1. The summed E-state index contributed by atoms with van der Waals surface area (Å²) in [5, 5.41) is 0. The molecule has 0 aliphatic heterocycles. The van der Waals surface area contributed by atoms with Gasteiger partial charge in [0.05, 0.1) is 0 Å². The minimum absolute atomic E-state index is 1.02. The summed E-state index contributed by atoms with van der Waals surface area (Å²) in [6, 6.07) is 0. The molecule has 0 N–H and O–H groups in total. The molecule has 0 aliphatic rings. The standard InChI is InChI=1S/C12H23N/c1-4-6-7-8-9-10-11-13-12(3)5-2/h4H,1,5-11H2,2-3H3. The number of hydrogen-bond donors (Lipinski definition) is 0. The maximum atomic E-state index is 4.46. The number of aliphatic imine (C=N–C) groups is 1. The van der Waals surface area contributed by atoms with Gasteiger partial charge in [-0.2, -0.15) is 0 Å². The largest absolute Gasteiger partial charge is 0.294 e. The fraction of sp³-hybridized carbons (Fsp3) is 0.750. The number of nitrogens with zero attached hydrogens (tertiary/aromatic N) is 1. The molecule has 76 valence electrons. The van der Waals surface area contributed by atoms with Gasteiger partial charge in [0, 0.05) is 12.3 Å². The van der Waals surface area contributed by atoms with Gasteiger partial charge < -0.3 is 0 Å². The maximum absolute atomic E-state index is 4.46. The van der Waals surface area contributed by atoms with Gasteiger partial charge >= 0.3 is 0 Å². The molecule has 0 fully saturated rings. The number of unbranched alkanes of at least 4 members (excludes halogenated alkanes) is 4. The Labute approximate surface area is 83.0 Å². The second kappa shape index (κ2) is 9.50. The summed E-state index contributed by atoms with van der Waals surface area (Å²) in [6.07, 6.45) is 9.43. The van der Waals surface area contributed by atoms with Crippen molar-refractivity contribution in [1.82, 2.24) is 0 Å². The lowest BCUT2D eigenvalue weighted by Crippen LogP contribution is -1.90. The summed E-state index contributed by atoms with van der Waals surface area (Å²) in [6.45, 7) is 8.99. The molecule has 1 nitrogen and oxygen atoms in total. The molecule has 0 aromatic heterocycles. The molecule has 0 heterocycles. The Bertz CT molecular complexity index is 147. The van der Waals surface area contributed by atoms with Gasteiger partial charge in [0.2, 0.25) is 0 Å². The van der Waals surface area contributed by atoms with Gasteiger partial charge in [-0.3, -0.25) is 4.99 Å². The van der Waals surface area contributed by atoms with E-state index in [4.69, 9.17) is 0 Å². The first-order valence-corrected chi connectivity index (χ1v) is 5.42. The quantitative estimate of drug-likeness (QED) is 0.305. The van der Waals surface area contributed by atoms with Crippen LogP contribution >= 0.6 is 0 Å². The number of allylic oxidation sites excluding steroid dienone is 1. The minimum atomic E-state index is 1.02. The van der Waals surface area contributed by atoms with Crippen molar-refractivity contribution < 1.29 is 0 Å². The number of rotatable bonds is 8. The molecule has 0 aromatic rings. The van der Waals surface area contributed by atoms with Crippen LogP contribution in [0.1, 0.15) is 52.4 Å². The Hall–Kier alpha value is -0.590. The van der Waals surface area contributed by atoms with E-state index in [-0.39, 0.29) is 0 Å². The third kappa shape index (κ3) is 9.32. The first-order valence-electron chi connectivity index (χ1n) is 5.42. The van der Waals surface area contributed by atoms with Crippen molar-refractivity contribution >= 4 is 5.71 Å². The summed E-state index contributed by atoms with van der Waals surface area (Å²) in [5.41, 5.74) is 1.28. The van der Waals surface area contributed by atoms with E-state index in [1.165, 1.54) is 31.4 Å². The van der Waals surface area contributed by atoms with Crippen LogP contribution in [-0.2, 0) is 0 Å². The zero-order valence-corrected chi connectivity index (χ0v) is 9.18. The Morgan fingerprint density at radius 1 is 1.23 bits per heavy atom. The summed E-state index contributed by atoms with van der Waals surface area (Å²) < 4.78 is 0. The molecule has 0 aromatic carbocycles. The van der Waals surface area contributed by atoms with Crippen LogP contribution in [0.4, 0.5) is 0 Å². The van der Waals surface area contributed by atoms with Gasteiger partial charge in [-0.15, -0.1) is 6.58 Å². The molecule has 0 bridgehead atoms. The molecule has 0 spiro atoms. The van der Waals surface area contributed by atoms with E-state index in [2.05, 4.69) is 25.4 Å². The molecule has 1 heteroatoms. The summed E-state index contributed by atoms with van der Waals surface area (Å²) >= 11 is 0. The van der Waals surface area contributed by atoms with Gasteiger partial charge in [-0.25, -0.2) is 0 Å². The minimum Gasteiger partial charge on any atom is -0.294 e. The number of hydrogen-bond acceptors (Lipinski definition) is 1. The lowest BCUT2D eigenvalue weighted by Gasteiger charge is -1.98. The predicted octanol–water partition coefficient (Wildman–Crippen LogP) is 3.99. The molecule has 0 radical (unpaired) electrons. The highest BCUT2D eigenvalue weighted by Crippen LogP contribution is 2.03. The van der Waals surface area contributed by atoms with E-state index in [1.54, 1.807) is 0 Å². The van der Waals surface area contributed by atoms with Crippen LogP contribution in [0.2, 0.25) is 0 Å². The van der Waals surface area contributed by atoms with Crippen LogP contribution in [0.3, 0.4) is 0 Å². The maximum Gasteiger partial charge on any atom is 0.0388 e. The Balaban J connectivity index is 3.12.